The fraction of sp³-hybridized carbons (Fsp3) is 0.222. The van der Waals surface area contributed by atoms with Crippen LogP contribution in [0.4, 0.5) is 0 Å². The van der Waals surface area contributed by atoms with Gasteiger partial charge < -0.3 is 14.5 Å². The summed E-state index contributed by atoms with van der Waals surface area (Å²) in [7, 11) is 0. The Morgan fingerprint density at radius 2 is 1.58 bits per heavy atom. The van der Waals surface area contributed by atoms with E-state index in [0.29, 0.717) is 25.0 Å². The van der Waals surface area contributed by atoms with Crippen LogP contribution < -0.4 is 10.1 Å². The number of benzene rings is 3. The van der Waals surface area contributed by atoms with Crippen LogP contribution in [-0.2, 0) is 13.0 Å². The average molecular weight is 413 g/mol. The lowest BCUT2D eigenvalue weighted by Gasteiger charge is -2.14. The lowest BCUT2D eigenvalue weighted by atomic mass is 10.1. The molecule has 1 aromatic heterocycles. The summed E-state index contributed by atoms with van der Waals surface area (Å²) < 4.78 is 11.8. The Bertz CT molecular complexity index is 1070. The van der Waals surface area contributed by atoms with E-state index < -0.39 is 0 Å². The summed E-state index contributed by atoms with van der Waals surface area (Å²) in [4.78, 5) is 4.64. The van der Waals surface area contributed by atoms with Crippen molar-refractivity contribution in [2.75, 3.05) is 6.61 Å². The topological polar surface area (TPSA) is 47.3 Å². The van der Waals surface area contributed by atoms with Crippen molar-refractivity contribution in [1.82, 2.24) is 10.3 Å². The molecule has 0 spiro atoms. The number of aromatic nitrogens is 1. The highest BCUT2D eigenvalue weighted by Gasteiger charge is 2.11. The second-order valence-electron chi connectivity index (χ2n) is 7.64. The maximum Gasteiger partial charge on any atom is 0.226 e. The van der Waals surface area contributed by atoms with E-state index in [4.69, 9.17) is 9.15 Å². The van der Waals surface area contributed by atoms with E-state index in [0.717, 1.165) is 29.3 Å². The molecule has 1 unspecified atom stereocenters. The van der Waals surface area contributed by atoms with Gasteiger partial charge in [-0.3, -0.25) is 0 Å². The molecule has 0 aliphatic carbocycles. The third kappa shape index (κ3) is 5.62. The van der Waals surface area contributed by atoms with Crippen LogP contribution in [0.25, 0.3) is 11.5 Å². The molecule has 0 aliphatic rings. The van der Waals surface area contributed by atoms with Crippen LogP contribution in [0.1, 0.15) is 35.5 Å². The fourth-order valence-corrected chi connectivity index (χ4v) is 3.46. The molecule has 0 amide bonds. The van der Waals surface area contributed by atoms with E-state index in [2.05, 4.69) is 53.6 Å². The van der Waals surface area contributed by atoms with E-state index in [-0.39, 0.29) is 0 Å². The van der Waals surface area contributed by atoms with Crippen molar-refractivity contribution in [2.24, 2.45) is 0 Å². The highest BCUT2D eigenvalue weighted by Crippen LogP contribution is 2.22. The number of nitrogens with one attached hydrogen (secondary N) is 1. The molecule has 0 aliphatic heterocycles. The first-order valence-electron chi connectivity index (χ1n) is 10.7. The summed E-state index contributed by atoms with van der Waals surface area (Å²) in [5.41, 5.74) is 4.45. The van der Waals surface area contributed by atoms with Crippen LogP contribution in [0.2, 0.25) is 0 Å². The van der Waals surface area contributed by atoms with Crippen molar-refractivity contribution in [3.8, 4) is 17.2 Å². The number of hydrogen-bond donors (Lipinski definition) is 1. The molecular formula is C27H28N2O2. The van der Waals surface area contributed by atoms with Gasteiger partial charge in [0.05, 0.1) is 12.3 Å². The highest BCUT2D eigenvalue weighted by atomic mass is 16.5. The third-order valence-corrected chi connectivity index (χ3v) is 5.36. The van der Waals surface area contributed by atoms with Crippen LogP contribution in [-0.4, -0.2) is 11.6 Å². The molecule has 1 heterocycles. The second kappa shape index (κ2) is 10.1. The van der Waals surface area contributed by atoms with Crippen LogP contribution in [0, 0.1) is 6.92 Å². The normalized spacial score (nSPS) is 11.9. The van der Waals surface area contributed by atoms with Crippen molar-refractivity contribution in [3.05, 3.63) is 108 Å². The van der Waals surface area contributed by atoms with Gasteiger partial charge in [-0.25, -0.2) is 4.98 Å². The minimum absolute atomic E-state index is 0.309. The van der Waals surface area contributed by atoms with Gasteiger partial charge in [0.1, 0.15) is 11.5 Å². The molecule has 3 aromatic carbocycles. The van der Waals surface area contributed by atoms with Crippen LogP contribution in [0.3, 0.4) is 0 Å². The number of hydrogen-bond acceptors (Lipinski definition) is 4. The SMILES string of the molecule is Cc1oc(-c2ccccc2)nc1CCOc1ccc(CNC(C)c2ccccc2)cc1. The zero-order chi connectivity index (χ0) is 21.5. The first-order chi connectivity index (χ1) is 15.2. The zero-order valence-electron chi connectivity index (χ0n) is 18.0. The van der Waals surface area contributed by atoms with Crippen LogP contribution >= 0.6 is 0 Å². The summed E-state index contributed by atoms with van der Waals surface area (Å²) in [6, 6.07) is 29.0. The molecule has 1 N–H and O–H groups in total. The average Bonchev–Trinajstić information content (AvgIpc) is 3.20. The maximum atomic E-state index is 5.93. The number of oxazole rings is 1. The Morgan fingerprint density at radius 3 is 2.29 bits per heavy atom. The summed E-state index contributed by atoms with van der Waals surface area (Å²) in [6.45, 7) is 5.51. The standard InChI is InChI=1S/C27H28N2O2/c1-20(23-9-5-3-6-10-23)28-19-22-13-15-25(16-14-22)30-18-17-26-21(2)31-27(29-26)24-11-7-4-8-12-24/h3-16,20,28H,17-19H2,1-2H3. The number of nitrogens with zero attached hydrogens (tertiary/aromatic N) is 1. The lowest BCUT2D eigenvalue weighted by molar-refractivity contribution is 0.320. The smallest absolute Gasteiger partial charge is 0.226 e. The molecule has 0 radical (unpaired) electrons. The molecule has 4 aromatic rings. The molecule has 0 fully saturated rings. The fourth-order valence-electron chi connectivity index (χ4n) is 3.46. The molecule has 158 valence electrons. The van der Waals surface area contributed by atoms with Gasteiger partial charge in [0.2, 0.25) is 5.89 Å². The quantitative estimate of drug-likeness (QED) is 0.360. The van der Waals surface area contributed by atoms with Crippen molar-refractivity contribution in [1.29, 1.82) is 0 Å². The molecule has 0 saturated carbocycles. The molecule has 0 bridgehead atoms. The summed E-state index contributed by atoms with van der Waals surface area (Å²) >= 11 is 0. The monoisotopic (exact) mass is 412 g/mol. The van der Waals surface area contributed by atoms with E-state index in [1.165, 1.54) is 11.1 Å². The Kier molecular flexibility index (Phi) is 6.80. The summed E-state index contributed by atoms with van der Waals surface area (Å²) in [5.74, 6) is 2.37. The molecular weight excluding hydrogens is 384 g/mol. The van der Waals surface area contributed by atoms with Gasteiger partial charge in [0, 0.05) is 24.6 Å². The maximum absolute atomic E-state index is 5.93. The number of aryl methyl sites for hydroxylation is 1. The lowest BCUT2D eigenvalue weighted by Crippen LogP contribution is -2.17. The van der Waals surface area contributed by atoms with Crippen molar-refractivity contribution in [3.63, 3.8) is 0 Å². The van der Waals surface area contributed by atoms with Gasteiger partial charge in [-0.15, -0.1) is 0 Å². The van der Waals surface area contributed by atoms with Gasteiger partial charge in [0.15, 0.2) is 0 Å². The largest absolute Gasteiger partial charge is 0.493 e. The predicted octanol–water partition coefficient (Wildman–Crippen LogP) is 6.12. The first-order valence-corrected chi connectivity index (χ1v) is 10.7. The predicted molar refractivity (Wildman–Crippen MR) is 124 cm³/mol. The van der Waals surface area contributed by atoms with Gasteiger partial charge >= 0.3 is 0 Å². The van der Waals surface area contributed by atoms with Gasteiger partial charge in [-0.1, -0.05) is 60.7 Å². The molecule has 31 heavy (non-hydrogen) atoms. The Morgan fingerprint density at radius 1 is 0.903 bits per heavy atom. The van der Waals surface area contributed by atoms with Crippen molar-refractivity contribution in [2.45, 2.75) is 32.9 Å². The zero-order valence-corrected chi connectivity index (χ0v) is 18.0. The first kappa shape index (κ1) is 20.9. The molecule has 1 atom stereocenters. The molecule has 4 heteroatoms. The van der Waals surface area contributed by atoms with Gasteiger partial charge in [0.25, 0.3) is 0 Å². The van der Waals surface area contributed by atoms with Gasteiger partial charge in [-0.2, -0.15) is 0 Å². The van der Waals surface area contributed by atoms with E-state index >= 15 is 0 Å². The Labute approximate surface area is 183 Å². The van der Waals surface area contributed by atoms with Crippen molar-refractivity contribution < 1.29 is 9.15 Å². The van der Waals surface area contributed by atoms with Crippen LogP contribution in [0.5, 0.6) is 5.75 Å². The number of rotatable bonds is 9. The van der Waals surface area contributed by atoms with Crippen molar-refractivity contribution >= 4 is 0 Å². The molecule has 4 nitrogen and oxygen atoms in total. The van der Waals surface area contributed by atoms with E-state index in [1.807, 2.05) is 55.5 Å². The summed E-state index contributed by atoms with van der Waals surface area (Å²) in [5, 5.41) is 3.56. The Hall–Kier alpha value is -3.37. The van der Waals surface area contributed by atoms with E-state index in [1.54, 1.807) is 0 Å². The van der Waals surface area contributed by atoms with Gasteiger partial charge in [-0.05, 0) is 49.2 Å². The highest BCUT2D eigenvalue weighted by molar-refractivity contribution is 5.53. The molecule has 4 rings (SSSR count). The van der Waals surface area contributed by atoms with Crippen LogP contribution in [0.15, 0.2) is 89.3 Å². The minimum Gasteiger partial charge on any atom is -0.493 e. The summed E-state index contributed by atoms with van der Waals surface area (Å²) in [6.07, 6.45) is 0.708. The van der Waals surface area contributed by atoms with E-state index in [9.17, 15) is 0 Å². The minimum atomic E-state index is 0.309. The molecule has 0 saturated heterocycles. The second-order valence-corrected chi connectivity index (χ2v) is 7.64. The number of ether oxygens (including phenoxy) is 1. The third-order valence-electron chi connectivity index (χ3n) is 5.36. The Balaban J connectivity index is 1.26.